The molecule has 0 aliphatic carbocycles. The van der Waals surface area contributed by atoms with Crippen molar-refractivity contribution in [2.24, 2.45) is 5.73 Å². The van der Waals surface area contributed by atoms with Gasteiger partial charge in [0.05, 0.1) is 28.3 Å². The van der Waals surface area contributed by atoms with Gasteiger partial charge < -0.3 is 15.4 Å². The molecule has 1 aromatic carbocycles. The molecule has 0 amide bonds. The topological polar surface area (TPSA) is 85.2 Å². The third kappa shape index (κ3) is 2.42. The van der Waals surface area contributed by atoms with Crippen molar-refractivity contribution in [1.29, 1.82) is 0 Å². The zero-order valence-corrected chi connectivity index (χ0v) is 10.1. The second-order valence-corrected chi connectivity index (χ2v) is 4.16. The predicted molar refractivity (Wildman–Crippen MR) is 63.8 cm³/mol. The van der Waals surface area contributed by atoms with Crippen LogP contribution in [0.3, 0.4) is 0 Å². The fourth-order valence-corrected chi connectivity index (χ4v) is 1.83. The minimum absolute atomic E-state index is 0.180. The summed E-state index contributed by atoms with van der Waals surface area (Å²) in [6.07, 6.45) is 0. The SMILES string of the molecule is NC(CO)c1noc(-c2c(Cl)cccc2Cl)n1. The number of nitrogens with zero attached hydrogens (tertiary/aromatic N) is 2. The molecule has 2 aromatic rings. The van der Waals surface area contributed by atoms with Crippen molar-refractivity contribution in [2.75, 3.05) is 6.61 Å². The summed E-state index contributed by atoms with van der Waals surface area (Å²) in [6.45, 7) is -0.269. The largest absolute Gasteiger partial charge is 0.394 e. The number of aromatic nitrogens is 2. The molecule has 1 heterocycles. The lowest BCUT2D eigenvalue weighted by Gasteiger charge is -2.01. The van der Waals surface area contributed by atoms with Crippen LogP contribution in [-0.2, 0) is 0 Å². The molecule has 0 aliphatic rings. The molecule has 1 aromatic heterocycles. The minimum atomic E-state index is -0.686. The Bertz CT molecular complexity index is 510. The van der Waals surface area contributed by atoms with E-state index in [0.29, 0.717) is 15.6 Å². The van der Waals surface area contributed by atoms with Crippen molar-refractivity contribution in [3.05, 3.63) is 34.1 Å². The highest BCUT2D eigenvalue weighted by Gasteiger charge is 2.18. The minimum Gasteiger partial charge on any atom is -0.394 e. The van der Waals surface area contributed by atoms with Crippen LogP contribution >= 0.6 is 23.2 Å². The number of halogens is 2. The summed E-state index contributed by atoms with van der Waals surface area (Å²) in [5, 5.41) is 13.4. The third-order valence-electron chi connectivity index (χ3n) is 2.15. The van der Waals surface area contributed by atoms with E-state index >= 15 is 0 Å². The molecule has 0 radical (unpaired) electrons. The van der Waals surface area contributed by atoms with Gasteiger partial charge in [-0.05, 0) is 12.1 Å². The van der Waals surface area contributed by atoms with E-state index in [1.807, 2.05) is 0 Å². The van der Waals surface area contributed by atoms with Crippen LogP contribution in [0.1, 0.15) is 11.9 Å². The smallest absolute Gasteiger partial charge is 0.261 e. The van der Waals surface area contributed by atoms with Gasteiger partial charge in [-0.1, -0.05) is 34.4 Å². The van der Waals surface area contributed by atoms with Crippen LogP contribution in [-0.4, -0.2) is 21.9 Å². The number of rotatable bonds is 3. The maximum absolute atomic E-state index is 8.88. The fraction of sp³-hybridized carbons (Fsp3) is 0.200. The van der Waals surface area contributed by atoms with Crippen LogP contribution in [0.15, 0.2) is 22.7 Å². The average molecular weight is 274 g/mol. The summed E-state index contributed by atoms with van der Waals surface area (Å²) in [5.41, 5.74) is 6.02. The molecule has 2 rings (SSSR count). The van der Waals surface area contributed by atoms with E-state index in [1.165, 1.54) is 0 Å². The molecule has 1 atom stereocenters. The monoisotopic (exact) mass is 273 g/mol. The first-order chi connectivity index (χ1) is 8.13. The van der Waals surface area contributed by atoms with Crippen molar-refractivity contribution in [3.63, 3.8) is 0 Å². The Balaban J connectivity index is 2.44. The number of nitrogens with two attached hydrogens (primary N) is 1. The molecule has 7 heteroatoms. The van der Waals surface area contributed by atoms with E-state index in [2.05, 4.69) is 10.1 Å². The summed E-state index contributed by atoms with van der Waals surface area (Å²) >= 11 is 12.0. The van der Waals surface area contributed by atoms with Gasteiger partial charge >= 0.3 is 0 Å². The average Bonchev–Trinajstić information content (AvgIpc) is 2.77. The van der Waals surface area contributed by atoms with E-state index in [-0.39, 0.29) is 18.3 Å². The van der Waals surface area contributed by atoms with E-state index in [9.17, 15) is 0 Å². The Labute approximate surface area is 107 Å². The van der Waals surface area contributed by atoms with Crippen molar-refractivity contribution >= 4 is 23.2 Å². The predicted octanol–water partition coefficient (Wildman–Crippen LogP) is 2.04. The van der Waals surface area contributed by atoms with Gasteiger partial charge in [0.2, 0.25) is 0 Å². The quantitative estimate of drug-likeness (QED) is 0.894. The fourth-order valence-electron chi connectivity index (χ4n) is 1.27. The molecule has 0 saturated heterocycles. The molecule has 5 nitrogen and oxygen atoms in total. The normalized spacial score (nSPS) is 12.7. The Hall–Kier alpha value is -1.14. The molecule has 0 saturated carbocycles. The van der Waals surface area contributed by atoms with Gasteiger partial charge in [-0.2, -0.15) is 4.98 Å². The molecule has 0 bridgehead atoms. The molecule has 17 heavy (non-hydrogen) atoms. The summed E-state index contributed by atoms with van der Waals surface area (Å²) < 4.78 is 5.01. The molecule has 0 fully saturated rings. The van der Waals surface area contributed by atoms with Crippen LogP contribution in [0.4, 0.5) is 0 Å². The highest BCUT2D eigenvalue weighted by atomic mass is 35.5. The number of benzene rings is 1. The van der Waals surface area contributed by atoms with Crippen LogP contribution in [0.5, 0.6) is 0 Å². The molecule has 0 aliphatic heterocycles. The van der Waals surface area contributed by atoms with Crippen molar-refractivity contribution in [2.45, 2.75) is 6.04 Å². The van der Waals surface area contributed by atoms with E-state index in [1.54, 1.807) is 18.2 Å². The maximum atomic E-state index is 8.88. The highest BCUT2D eigenvalue weighted by molar-refractivity contribution is 6.38. The molecule has 1 unspecified atom stereocenters. The van der Waals surface area contributed by atoms with E-state index in [4.69, 9.17) is 38.6 Å². The molecular formula is C10H9Cl2N3O2. The first-order valence-corrected chi connectivity index (χ1v) is 5.53. The Kier molecular flexibility index (Phi) is 3.63. The van der Waals surface area contributed by atoms with Gasteiger partial charge in [0.15, 0.2) is 5.82 Å². The Morgan fingerprint density at radius 1 is 1.35 bits per heavy atom. The lowest BCUT2D eigenvalue weighted by molar-refractivity contribution is 0.260. The first-order valence-electron chi connectivity index (χ1n) is 4.78. The highest BCUT2D eigenvalue weighted by Crippen LogP contribution is 2.33. The number of hydrogen-bond acceptors (Lipinski definition) is 5. The molecule has 3 N–H and O–H groups in total. The summed E-state index contributed by atoms with van der Waals surface area (Å²) in [7, 11) is 0. The number of hydrogen-bond donors (Lipinski definition) is 2. The number of aliphatic hydroxyl groups excluding tert-OH is 1. The van der Waals surface area contributed by atoms with Crippen molar-refractivity contribution in [3.8, 4) is 11.5 Å². The van der Waals surface area contributed by atoms with Crippen LogP contribution < -0.4 is 5.73 Å². The third-order valence-corrected chi connectivity index (χ3v) is 2.78. The standard InChI is InChI=1S/C10H9Cl2N3O2/c11-5-2-1-3-6(12)8(5)10-14-9(15-17-10)7(13)4-16/h1-3,7,16H,4,13H2. The second-order valence-electron chi connectivity index (χ2n) is 3.34. The number of aliphatic hydroxyl groups is 1. The molecular weight excluding hydrogens is 265 g/mol. The zero-order valence-electron chi connectivity index (χ0n) is 8.60. The van der Waals surface area contributed by atoms with Gasteiger partial charge in [0.25, 0.3) is 5.89 Å². The van der Waals surface area contributed by atoms with Gasteiger partial charge in [-0.25, -0.2) is 0 Å². The first kappa shape index (κ1) is 12.3. The van der Waals surface area contributed by atoms with E-state index in [0.717, 1.165) is 0 Å². The molecule has 0 spiro atoms. The lowest BCUT2D eigenvalue weighted by atomic mass is 10.2. The summed E-state index contributed by atoms with van der Waals surface area (Å²) in [5.74, 6) is 0.387. The van der Waals surface area contributed by atoms with E-state index < -0.39 is 6.04 Å². The van der Waals surface area contributed by atoms with Gasteiger partial charge in [0.1, 0.15) is 0 Å². The lowest BCUT2D eigenvalue weighted by Crippen LogP contribution is -2.15. The second kappa shape index (κ2) is 5.01. The van der Waals surface area contributed by atoms with Gasteiger partial charge in [0, 0.05) is 0 Å². The zero-order chi connectivity index (χ0) is 12.4. The van der Waals surface area contributed by atoms with Gasteiger partial charge in [-0.3, -0.25) is 0 Å². The Morgan fingerprint density at radius 2 is 2.00 bits per heavy atom. The van der Waals surface area contributed by atoms with Crippen LogP contribution in [0, 0.1) is 0 Å². The Morgan fingerprint density at radius 3 is 2.59 bits per heavy atom. The van der Waals surface area contributed by atoms with Crippen molar-refractivity contribution in [1.82, 2.24) is 10.1 Å². The summed E-state index contributed by atoms with van der Waals surface area (Å²) in [6, 6.07) is 4.36. The summed E-state index contributed by atoms with van der Waals surface area (Å²) in [4.78, 5) is 4.04. The van der Waals surface area contributed by atoms with Crippen LogP contribution in [0.25, 0.3) is 11.5 Å². The van der Waals surface area contributed by atoms with Crippen molar-refractivity contribution < 1.29 is 9.63 Å². The van der Waals surface area contributed by atoms with Crippen LogP contribution in [0.2, 0.25) is 10.0 Å². The molecule has 90 valence electrons. The van der Waals surface area contributed by atoms with Gasteiger partial charge in [-0.15, -0.1) is 0 Å². The maximum Gasteiger partial charge on any atom is 0.261 e.